The average molecular weight is 344 g/mol. The van der Waals surface area contributed by atoms with Crippen molar-refractivity contribution in [3.63, 3.8) is 0 Å². The highest BCUT2D eigenvalue weighted by molar-refractivity contribution is 6.33. The van der Waals surface area contributed by atoms with Crippen molar-refractivity contribution in [2.75, 3.05) is 5.32 Å². The molecule has 5 nitrogen and oxygen atoms in total. The number of amides is 1. The van der Waals surface area contributed by atoms with E-state index in [9.17, 15) is 9.59 Å². The standard InChI is InChI=1S/C18H18ClN3O2/c1-3-21-15-6-4-5-7-16(15)22(18(21)24)11-17(23)20-14-9-8-12(2)10-13(14)19/h4-10H,3,11H2,1-2H3,(H,20,23). The van der Waals surface area contributed by atoms with Gasteiger partial charge in [-0.25, -0.2) is 4.79 Å². The van der Waals surface area contributed by atoms with E-state index in [1.807, 2.05) is 44.2 Å². The molecule has 0 unspecified atom stereocenters. The van der Waals surface area contributed by atoms with Crippen LogP contribution in [0.2, 0.25) is 5.02 Å². The number of anilines is 1. The quantitative estimate of drug-likeness (QED) is 0.789. The Morgan fingerprint density at radius 2 is 1.79 bits per heavy atom. The van der Waals surface area contributed by atoms with E-state index >= 15 is 0 Å². The second-order valence-electron chi connectivity index (χ2n) is 5.63. The Morgan fingerprint density at radius 1 is 1.12 bits per heavy atom. The number of carbonyl (C=O) groups is 1. The van der Waals surface area contributed by atoms with Gasteiger partial charge < -0.3 is 5.32 Å². The molecule has 0 aliphatic carbocycles. The smallest absolute Gasteiger partial charge is 0.323 e. The minimum absolute atomic E-state index is 0.0590. The highest BCUT2D eigenvalue weighted by Gasteiger charge is 2.15. The normalized spacial score (nSPS) is 11.0. The Hall–Kier alpha value is -2.53. The van der Waals surface area contributed by atoms with Crippen molar-refractivity contribution in [2.45, 2.75) is 26.9 Å². The number of hydrogen-bond donors (Lipinski definition) is 1. The zero-order valence-corrected chi connectivity index (χ0v) is 14.3. The van der Waals surface area contributed by atoms with Crippen molar-refractivity contribution in [3.05, 3.63) is 63.5 Å². The van der Waals surface area contributed by atoms with Crippen molar-refractivity contribution in [3.8, 4) is 0 Å². The Morgan fingerprint density at radius 3 is 2.42 bits per heavy atom. The van der Waals surface area contributed by atoms with Crippen LogP contribution in [-0.4, -0.2) is 15.0 Å². The summed E-state index contributed by atoms with van der Waals surface area (Å²) in [6, 6.07) is 12.9. The van der Waals surface area contributed by atoms with Gasteiger partial charge in [-0.15, -0.1) is 0 Å². The fourth-order valence-corrected chi connectivity index (χ4v) is 3.07. The van der Waals surface area contributed by atoms with Gasteiger partial charge in [0, 0.05) is 6.54 Å². The van der Waals surface area contributed by atoms with E-state index in [1.54, 1.807) is 16.7 Å². The van der Waals surface area contributed by atoms with E-state index in [0.717, 1.165) is 16.6 Å². The summed E-state index contributed by atoms with van der Waals surface area (Å²) in [7, 11) is 0. The number of aryl methyl sites for hydroxylation is 2. The van der Waals surface area contributed by atoms with Gasteiger partial charge in [-0.1, -0.05) is 29.8 Å². The Labute approximate surface area is 144 Å². The lowest BCUT2D eigenvalue weighted by atomic mass is 10.2. The molecule has 1 N–H and O–H groups in total. The van der Waals surface area contributed by atoms with E-state index in [1.165, 1.54) is 4.57 Å². The van der Waals surface area contributed by atoms with Crippen LogP contribution in [0.25, 0.3) is 11.0 Å². The highest BCUT2D eigenvalue weighted by Crippen LogP contribution is 2.22. The summed E-state index contributed by atoms with van der Waals surface area (Å²) in [6.45, 7) is 4.33. The first-order valence-electron chi connectivity index (χ1n) is 7.75. The molecule has 0 aliphatic rings. The zero-order chi connectivity index (χ0) is 17.3. The molecule has 24 heavy (non-hydrogen) atoms. The molecule has 6 heteroatoms. The SMILES string of the molecule is CCn1c(=O)n(CC(=O)Nc2ccc(C)cc2Cl)c2ccccc21. The van der Waals surface area contributed by atoms with Crippen LogP contribution in [-0.2, 0) is 17.9 Å². The molecular formula is C18H18ClN3O2. The summed E-state index contributed by atoms with van der Waals surface area (Å²) in [5.74, 6) is -0.290. The Kier molecular flexibility index (Phi) is 4.44. The molecule has 1 aromatic heterocycles. The van der Waals surface area contributed by atoms with Gasteiger partial charge in [-0.05, 0) is 43.7 Å². The van der Waals surface area contributed by atoms with Crippen molar-refractivity contribution >= 4 is 34.2 Å². The fourth-order valence-electron chi connectivity index (χ4n) is 2.79. The predicted molar refractivity (Wildman–Crippen MR) is 96.7 cm³/mol. The van der Waals surface area contributed by atoms with Crippen LogP contribution in [0, 0.1) is 6.92 Å². The minimum atomic E-state index is -0.290. The van der Waals surface area contributed by atoms with Crippen LogP contribution >= 0.6 is 11.6 Å². The molecule has 0 spiro atoms. The summed E-state index contributed by atoms with van der Waals surface area (Å²) in [4.78, 5) is 24.9. The van der Waals surface area contributed by atoms with E-state index in [2.05, 4.69) is 5.32 Å². The number of hydrogen-bond acceptors (Lipinski definition) is 2. The van der Waals surface area contributed by atoms with Gasteiger partial charge in [0.15, 0.2) is 0 Å². The van der Waals surface area contributed by atoms with Crippen molar-refractivity contribution in [2.24, 2.45) is 0 Å². The number of benzene rings is 2. The number of carbonyl (C=O) groups excluding carboxylic acids is 1. The van der Waals surface area contributed by atoms with Crippen LogP contribution in [0.15, 0.2) is 47.3 Å². The number of fused-ring (bicyclic) bond motifs is 1. The molecule has 0 saturated heterocycles. The second-order valence-corrected chi connectivity index (χ2v) is 6.04. The number of aromatic nitrogens is 2. The molecule has 0 aliphatic heterocycles. The van der Waals surface area contributed by atoms with Gasteiger partial charge >= 0.3 is 5.69 Å². The molecule has 0 saturated carbocycles. The highest BCUT2D eigenvalue weighted by atomic mass is 35.5. The van der Waals surface area contributed by atoms with Crippen LogP contribution < -0.4 is 11.0 Å². The van der Waals surface area contributed by atoms with E-state index < -0.39 is 0 Å². The maximum atomic E-state index is 12.5. The number of imidazole rings is 1. The summed E-state index contributed by atoms with van der Waals surface area (Å²) < 4.78 is 3.14. The lowest BCUT2D eigenvalue weighted by Gasteiger charge is -2.08. The molecule has 0 bridgehead atoms. The first-order chi connectivity index (χ1) is 11.5. The third-order valence-electron chi connectivity index (χ3n) is 3.94. The number of rotatable bonds is 4. The molecule has 1 heterocycles. The Bertz CT molecular complexity index is 972. The monoisotopic (exact) mass is 343 g/mol. The van der Waals surface area contributed by atoms with Crippen LogP contribution in [0.5, 0.6) is 0 Å². The van der Waals surface area contributed by atoms with E-state index in [-0.39, 0.29) is 18.1 Å². The van der Waals surface area contributed by atoms with Gasteiger partial charge in [0.1, 0.15) is 6.54 Å². The first-order valence-corrected chi connectivity index (χ1v) is 8.13. The summed E-state index contributed by atoms with van der Waals surface area (Å²) >= 11 is 6.14. The maximum Gasteiger partial charge on any atom is 0.329 e. The first kappa shape index (κ1) is 16.3. The minimum Gasteiger partial charge on any atom is -0.323 e. The Balaban J connectivity index is 1.91. The molecule has 1 amide bonds. The molecule has 0 fully saturated rings. The molecule has 124 valence electrons. The molecule has 3 aromatic rings. The van der Waals surface area contributed by atoms with Crippen LogP contribution in [0.3, 0.4) is 0 Å². The van der Waals surface area contributed by atoms with Gasteiger partial charge in [0.25, 0.3) is 0 Å². The lowest BCUT2D eigenvalue weighted by molar-refractivity contribution is -0.116. The van der Waals surface area contributed by atoms with Gasteiger partial charge in [-0.2, -0.15) is 0 Å². The summed E-state index contributed by atoms with van der Waals surface area (Å²) in [6.07, 6.45) is 0. The van der Waals surface area contributed by atoms with Gasteiger partial charge in [-0.3, -0.25) is 13.9 Å². The molecular weight excluding hydrogens is 326 g/mol. The number of nitrogens with one attached hydrogen (secondary N) is 1. The van der Waals surface area contributed by atoms with E-state index in [0.29, 0.717) is 17.3 Å². The van der Waals surface area contributed by atoms with Crippen LogP contribution in [0.4, 0.5) is 5.69 Å². The summed E-state index contributed by atoms with van der Waals surface area (Å²) in [5, 5.41) is 3.24. The molecule has 0 radical (unpaired) electrons. The van der Waals surface area contributed by atoms with Crippen LogP contribution in [0.1, 0.15) is 12.5 Å². The number of nitrogens with zero attached hydrogens (tertiary/aromatic N) is 2. The topological polar surface area (TPSA) is 56.0 Å². The maximum absolute atomic E-state index is 12.5. The number of halogens is 1. The molecule has 2 aromatic carbocycles. The lowest BCUT2D eigenvalue weighted by Crippen LogP contribution is -2.29. The van der Waals surface area contributed by atoms with Crippen molar-refractivity contribution in [1.82, 2.24) is 9.13 Å². The third kappa shape index (κ3) is 2.95. The average Bonchev–Trinajstić information content (AvgIpc) is 2.82. The second kappa shape index (κ2) is 6.53. The van der Waals surface area contributed by atoms with Gasteiger partial charge in [0.2, 0.25) is 5.91 Å². The predicted octanol–water partition coefficient (Wildman–Crippen LogP) is 3.42. The molecule has 0 atom stereocenters. The largest absolute Gasteiger partial charge is 0.329 e. The molecule has 3 rings (SSSR count). The summed E-state index contributed by atoms with van der Waals surface area (Å²) in [5.41, 5.74) is 2.93. The number of para-hydroxylation sites is 2. The zero-order valence-electron chi connectivity index (χ0n) is 13.5. The third-order valence-corrected chi connectivity index (χ3v) is 4.25. The van der Waals surface area contributed by atoms with E-state index in [4.69, 9.17) is 11.6 Å². The fraction of sp³-hybridized carbons (Fsp3) is 0.222. The van der Waals surface area contributed by atoms with Crippen molar-refractivity contribution < 1.29 is 4.79 Å². The van der Waals surface area contributed by atoms with Gasteiger partial charge in [0.05, 0.1) is 21.7 Å². The van der Waals surface area contributed by atoms with Crippen molar-refractivity contribution in [1.29, 1.82) is 0 Å².